The van der Waals surface area contributed by atoms with Crippen molar-refractivity contribution >= 4 is 22.9 Å². The minimum Gasteiger partial charge on any atom is -0.481 e. The number of carboxylic acid groups (broad SMARTS) is 1. The molecule has 1 amide bonds. The first-order chi connectivity index (χ1) is 19.5. The second-order valence-corrected chi connectivity index (χ2v) is 10.2. The van der Waals surface area contributed by atoms with Crippen molar-refractivity contribution in [3.63, 3.8) is 0 Å². The average Bonchev–Trinajstić information content (AvgIpc) is 3.74. The first kappa shape index (κ1) is 25.5. The van der Waals surface area contributed by atoms with Crippen LogP contribution >= 0.6 is 0 Å². The highest BCUT2D eigenvalue weighted by molar-refractivity contribution is 5.98. The molecule has 5 aromatic rings. The molecule has 11 heteroatoms. The van der Waals surface area contributed by atoms with E-state index in [-0.39, 0.29) is 12.3 Å². The number of amides is 1. The van der Waals surface area contributed by atoms with Crippen LogP contribution < -0.4 is 5.32 Å². The standard InChI is InChI=1S/C29H29N7O4/c37-26(38)16-22(14-18-6-8-19(9-7-18)27-32-34-35-33-27)30-29(39)20-10-11-25-24(15-20)31-28(21-12-13-40-17-21)36(25)23-4-2-1-3-5-23/h6-13,15,17,22-23H,1-5,14,16H2,(H,30,39)(H,37,38)(H,32,33,34,35)/t22-/m0/s1. The van der Waals surface area contributed by atoms with E-state index in [1.165, 1.54) is 19.3 Å². The number of carboxylic acids is 1. The predicted molar refractivity (Wildman–Crippen MR) is 146 cm³/mol. The number of carbonyl (C=O) groups is 2. The second kappa shape index (κ2) is 11.1. The first-order valence-electron chi connectivity index (χ1n) is 13.4. The predicted octanol–water partition coefficient (Wildman–Crippen LogP) is 4.80. The molecule has 1 aliphatic carbocycles. The number of nitrogens with one attached hydrogen (secondary N) is 2. The van der Waals surface area contributed by atoms with Gasteiger partial charge in [-0.25, -0.2) is 4.98 Å². The monoisotopic (exact) mass is 539 g/mol. The third-order valence-electron chi connectivity index (χ3n) is 7.47. The van der Waals surface area contributed by atoms with Crippen LogP contribution in [0.25, 0.3) is 33.8 Å². The molecule has 3 aromatic heterocycles. The molecule has 40 heavy (non-hydrogen) atoms. The van der Waals surface area contributed by atoms with Crippen LogP contribution in [0, 0.1) is 0 Å². The molecule has 0 radical (unpaired) electrons. The number of fused-ring (bicyclic) bond motifs is 1. The molecule has 1 fully saturated rings. The van der Waals surface area contributed by atoms with Crippen LogP contribution in [-0.2, 0) is 11.2 Å². The number of tetrazole rings is 1. The summed E-state index contributed by atoms with van der Waals surface area (Å²) in [5, 5.41) is 26.3. The summed E-state index contributed by atoms with van der Waals surface area (Å²) in [4.78, 5) is 29.8. The number of hydrogen-bond acceptors (Lipinski definition) is 7. The van der Waals surface area contributed by atoms with Crippen LogP contribution in [-0.4, -0.2) is 53.2 Å². The topological polar surface area (TPSA) is 152 Å². The summed E-state index contributed by atoms with van der Waals surface area (Å²) in [6.45, 7) is 0. The highest BCUT2D eigenvalue weighted by atomic mass is 16.4. The van der Waals surface area contributed by atoms with E-state index in [0.29, 0.717) is 23.9 Å². The van der Waals surface area contributed by atoms with Gasteiger partial charge in [0, 0.05) is 23.2 Å². The van der Waals surface area contributed by atoms with Gasteiger partial charge < -0.3 is 19.4 Å². The molecule has 0 bridgehead atoms. The van der Waals surface area contributed by atoms with Crippen molar-refractivity contribution in [2.45, 2.75) is 57.0 Å². The van der Waals surface area contributed by atoms with E-state index in [2.05, 4.69) is 30.5 Å². The van der Waals surface area contributed by atoms with Crippen molar-refractivity contribution in [3.8, 4) is 22.8 Å². The SMILES string of the molecule is O=C(O)C[C@H](Cc1ccc(-c2nn[nH]n2)cc1)NC(=O)c1ccc2c(c1)nc(-c1ccoc1)n2C1CCCCC1. The van der Waals surface area contributed by atoms with Gasteiger partial charge in [-0.3, -0.25) is 9.59 Å². The Kier molecular flexibility index (Phi) is 7.09. The number of furan rings is 1. The molecule has 0 aliphatic heterocycles. The molecule has 0 saturated heterocycles. The highest BCUT2D eigenvalue weighted by Crippen LogP contribution is 2.36. The normalized spacial score (nSPS) is 14.8. The molecule has 1 atom stereocenters. The molecule has 3 heterocycles. The number of carbonyl (C=O) groups excluding carboxylic acids is 1. The van der Waals surface area contributed by atoms with Crippen molar-refractivity contribution in [3.05, 3.63) is 72.2 Å². The summed E-state index contributed by atoms with van der Waals surface area (Å²) in [6.07, 6.45) is 9.27. The maximum absolute atomic E-state index is 13.3. The molecule has 0 spiro atoms. The highest BCUT2D eigenvalue weighted by Gasteiger charge is 2.24. The van der Waals surface area contributed by atoms with Gasteiger partial charge in [0.1, 0.15) is 12.1 Å². The fourth-order valence-corrected chi connectivity index (χ4v) is 5.56. The van der Waals surface area contributed by atoms with Crippen LogP contribution in [0.2, 0.25) is 0 Å². The Labute approximate surface area is 229 Å². The zero-order chi connectivity index (χ0) is 27.5. The van der Waals surface area contributed by atoms with Gasteiger partial charge in [-0.2, -0.15) is 5.21 Å². The Balaban J connectivity index is 1.24. The Morgan fingerprint density at radius 1 is 1.07 bits per heavy atom. The van der Waals surface area contributed by atoms with Crippen LogP contribution in [0.15, 0.2) is 65.5 Å². The lowest BCUT2D eigenvalue weighted by Gasteiger charge is -2.25. The third kappa shape index (κ3) is 5.35. The number of H-pyrrole nitrogens is 1. The maximum Gasteiger partial charge on any atom is 0.305 e. The fourth-order valence-electron chi connectivity index (χ4n) is 5.56. The Hall–Kier alpha value is -4.80. The molecular formula is C29H29N7O4. The molecule has 2 aromatic carbocycles. The molecular weight excluding hydrogens is 510 g/mol. The van der Waals surface area contributed by atoms with Gasteiger partial charge in [-0.1, -0.05) is 43.5 Å². The summed E-state index contributed by atoms with van der Waals surface area (Å²) in [6, 6.07) is 14.6. The molecule has 204 valence electrons. The molecule has 6 rings (SSSR count). The minimum atomic E-state index is -0.986. The molecule has 0 unspecified atom stereocenters. The first-order valence-corrected chi connectivity index (χ1v) is 13.4. The summed E-state index contributed by atoms with van der Waals surface area (Å²) in [5.41, 5.74) is 4.70. The average molecular weight is 540 g/mol. The van der Waals surface area contributed by atoms with Crippen molar-refractivity contribution < 1.29 is 19.1 Å². The van der Waals surface area contributed by atoms with E-state index in [1.807, 2.05) is 36.4 Å². The van der Waals surface area contributed by atoms with Crippen molar-refractivity contribution in [2.75, 3.05) is 0 Å². The number of hydrogen-bond donors (Lipinski definition) is 3. The number of rotatable bonds is 9. The van der Waals surface area contributed by atoms with Crippen LogP contribution in [0.3, 0.4) is 0 Å². The number of aromatic amines is 1. The Morgan fingerprint density at radius 3 is 2.60 bits per heavy atom. The number of aliphatic carboxylic acids is 1. The zero-order valence-electron chi connectivity index (χ0n) is 21.8. The number of nitrogens with zero attached hydrogens (tertiary/aromatic N) is 5. The van der Waals surface area contributed by atoms with Gasteiger partial charge in [0.05, 0.1) is 29.3 Å². The van der Waals surface area contributed by atoms with E-state index in [1.54, 1.807) is 24.7 Å². The number of aromatic nitrogens is 6. The second-order valence-electron chi connectivity index (χ2n) is 10.2. The van der Waals surface area contributed by atoms with E-state index in [0.717, 1.165) is 46.4 Å². The van der Waals surface area contributed by atoms with Gasteiger partial charge in [0.2, 0.25) is 5.82 Å². The van der Waals surface area contributed by atoms with Gasteiger partial charge in [0.15, 0.2) is 0 Å². The van der Waals surface area contributed by atoms with Crippen LogP contribution in [0.1, 0.15) is 60.5 Å². The van der Waals surface area contributed by atoms with Gasteiger partial charge in [0.25, 0.3) is 5.91 Å². The van der Waals surface area contributed by atoms with E-state index in [4.69, 9.17) is 9.40 Å². The lowest BCUT2D eigenvalue weighted by molar-refractivity contribution is -0.137. The third-order valence-corrected chi connectivity index (χ3v) is 7.47. The van der Waals surface area contributed by atoms with E-state index >= 15 is 0 Å². The summed E-state index contributed by atoms with van der Waals surface area (Å²) in [7, 11) is 0. The lowest BCUT2D eigenvalue weighted by Crippen LogP contribution is -2.38. The fraction of sp³-hybridized carbons (Fsp3) is 0.310. The van der Waals surface area contributed by atoms with Gasteiger partial charge in [-0.05, 0) is 54.3 Å². The number of imidazole rings is 1. The molecule has 1 saturated carbocycles. The summed E-state index contributed by atoms with van der Waals surface area (Å²) < 4.78 is 7.63. The van der Waals surface area contributed by atoms with E-state index in [9.17, 15) is 14.7 Å². The van der Waals surface area contributed by atoms with E-state index < -0.39 is 12.0 Å². The van der Waals surface area contributed by atoms with Crippen LogP contribution in [0.4, 0.5) is 0 Å². The van der Waals surface area contributed by atoms with Crippen molar-refractivity contribution in [1.29, 1.82) is 0 Å². The quantitative estimate of drug-likeness (QED) is 0.242. The van der Waals surface area contributed by atoms with Crippen molar-refractivity contribution in [2.24, 2.45) is 0 Å². The number of benzene rings is 2. The van der Waals surface area contributed by atoms with Gasteiger partial charge >= 0.3 is 5.97 Å². The van der Waals surface area contributed by atoms with Crippen molar-refractivity contribution in [1.82, 2.24) is 35.5 Å². The molecule has 3 N–H and O–H groups in total. The summed E-state index contributed by atoms with van der Waals surface area (Å²) in [5.74, 6) is -0.0193. The summed E-state index contributed by atoms with van der Waals surface area (Å²) >= 11 is 0. The van der Waals surface area contributed by atoms with Gasteiger partial charge in [-0.15, -0.1) is 10.2 Å². The molecule has 1 aliphatic rings. The largest absolute Gasteiger partial charge is 0.481 e. The Bertz CT molecular complexity index is 1600. The molecule has 11 nitrogen and oxygen atoms in total. The van der Waals surface area contributed by atoms with Crippen LogP contribution in [0.5, 0.6) is 0 Å². The minimum absolute atomic E-state index is 0.207. The lowest BCUT2D eigenvalue weighted by atomic mass is 9.95. The zero-order valence-corrected chi connectivity index (χ0v) is 21.8. The maximum atomic E-state index is 13.3. The Morgan fingerprint density at radius 2 is 1.90 bits per heavy atom. The smallest absolute Gasteiger partial charge is 0.305 e.